The smallest absolute Gasteiger partial charge is 0.217 e. The number of thioether (sulfide) groups is 1. The van der Waals surface area contributed by atoms with Crippen molar-refractivity contribution < 1.29 is 4.79 Å². The number of aromatic nitrogens is 1. The van der Waals surface area contributed by atoms with Crippen LogP contribution in [-0.4, -0.2) is 16.6 Å². The number of carbonyl (C=O) groups excluding carboxylic acids is 1. The van der Waals surface area contributed by atoms with Crippen molar-refractivity contribution >= 4 is 29.0 Å². The predicted molar refractivity (Wildman–Crippen MR) is 116 cm³/mol. The summed E-state index contributed by atoms with van der Waals surface area (Å²) in [5.41, 5.74) is 8.61. The molecular weight excluding hydrogens is 372 g/mol. The molecule has 0 bridgehead atoms. The molecule has 0 radical (unpaired) electrons. The van der Waals surface area contributed by atoms with Gasteiger partial charge in [0, 0.05) is 17.7 Å². The zero-order chi connectivity index (χ0) is 18.9. The van der Waals surface area contributed by atoms with Gasteiger partial charge < -0.3 is 5.73 Å². The van der Waals surface area contributed by atoms with Crippen molar-refractivity contribution in [1.29, 1.82) is 0 Å². The quantitative estimate of drug-likeness (QED) is 0.337. The van der Waals surface area contributed by atoms with E-state index in [2.05, 4.69) is 48.5 Å². The Balaban J connectivity index is 1.65. The number of amides is 1. The van der Waals surface area contributed by atoms with Crippen LogP contribution in [0.15, 0.2) is 65.0 Å². The van der Waals surface area contributed by atoms with E-state index >= 15 is 0 Å². The Morgan fingerprint density at radius 2 is 1.52 bits per heavy atom. The molecule has 0 aliphatic heterocycles. The fourth-order valence-corrected chi connectivity index (χ4v) is 5.09. The van der Waals surface area contributed by atoms with Gasteiger partial charge in [0.05, 0.1) is 10.6 Å². The van der Waals surface area contributed by atoms with E-state index < -0.39 is 0 Å². The zero-order valence-electron chi connectivity index (χ0n) is 15.3. The van der Waals surface area contributed by atoms with Gasteiger partial charge in [-0.25, -0.2) is 4.98 Å². The van der Waals surface area contributed by atoms with Crippen LogP contribution in [0.2, 0.25) is 0 Å². The molecule has 3 rings (SSSR count). The highest BCUT2D eigenvalue weighted by Crippen LogP contribution is 2.40. The van der Waals surface area contributed by atoms with Gasteiger partial charge >= 0.3 is 0 Å². The van der Waals surface area contributed by atoms with E-state index in [1.807, 2.05) is 23.9 Å². The first-order valence-electron chi connectivity index (χ1n) is 9.27. The Morgan fingerprint density at radius 3 is 2.19 bits per heavy atom. The van der Waals surface area contributed by atoms with Crippen LogP contribution >= 0.6 is 23.1 Å². The summed E-state index contributed by atoms with van der Waals surface area (Å²) in [4.78, 5) is 16.9. The molecule has 0 atom stereocenters. The van der Waals surface area contributed by atoms with Crippen molar-refractivity contribution in [2.75, 3.05) is 5.75 Å². The van der Waals surface area contributed by atoms with Crippen LogP contribution in [0.5, 0.6) is 0 Å². The SMILES string of the molecule is NC(=O)CCCCCCSc1nc(-c2ccccc2)c(-c2ccccc2)s1. The maximum atomic E-state index is 10.8. The summed E-state index contributed by atoms with van der Waals surface area (Å²) in [6.45, 7) is 0. The van der Waals surface area contributed by atoms with Crippen molar-refractivity contribution in [3.8, 4) is 21.7 Å². The summed E-state index contributed by atoms with van der Waals surface area (Å²) >= 11 is 3.60. The number of nitrogens with zero attached hydrogens (tertiary/aromatic N) is 1. The number of rotatable bonds is 10. The van der Waals surface area contributed by atoms with Crippen LogP contribution in [-0.2, 0) is 4.79 Å². The van der Waals surface area contributed by atoms with Gasteiger partial charge in [0.1, 0.15) is 0 Å². The average Bonchev–Trinajstić information content (AvgIpc) is 3.13. The van der Waals surface area contributed by atoms with Gasteiger partial charge in [-0.3, -0.25) is 4.79 Å². The fraction of sp³-hybridized carbons (Fsp3) is 0.273. The Kier molecular flexibility index (Phi) is 7.48. The molecule has 0 fully saturated rings. The molecule has 1 heterocycles. The van der Waals surface area contributed by atoms with Crippen LogP contribution < -0.4 is 5.73 Å². The van der Waals surface area contributed by atoms with Crippen molar-refractivity contribution in [3.05, 3.63) is 60.7 Å². The Labute approximate surface area is 169 Å². The van der Waals surface area contributed by atoms with Gasteiger partial charge in [-0.05, 0) is 18.4 Å². The molecule has 27 heavy (non-hydrogen) atoms. The van der Waals surface area contributed by atoms with E-state index in [4.69, 9.17) is 10.7 Å². The van der Waals surface area contributed by atoms with Crippen LogP contribution in [0, 0.1) is 0 Å². The van der Waals surface area contributed by atoms with E-state index in [1.165, 1.54) is 10.4 Å². The van der Waals surface area contributed by atoms with Gasteiger partial charge in [0.25, 0.3) is 0 Å². The molecule has 0 aliphatic carbocycles. The van der Waals surface area contributed by atoms with Crippen LogP contribution in [0.4, 0.5) is 0 Å². The van der Waals surface area contributed by atoms with E-state index in [0.29, 0.717) is 6.42 Å². The molecule has 0 unspecified atom stereocenters. The molecule has 5 heteroatoms. The molecular formula is C22H24N2OS2. The third kappa shape index (κ3) is 5.94. The summed E-state index contributed by atoms with van der Waals surface area (Å²) in [5, 5.41) is 0. The normalized spacial score (nSPS) is 10.8. The van der Waals surface area contributed by atoms with E-state index in [-0.39, 0.29) is 5.91 Å². The molecule has 2 N–H and O–H groups in total. The number of thiazole rings is 1. The second-order valence-corrected chi connectivity index (χ2v) is 8.71. The van der Waals surface area contributed by atoms with Gasteiger partial charge in [-0.15, -0.1) is 11.3 Å². The zero-order valence-corrected chi connectivity index (χ0v) is 16.9. The summed E-state index contributed by atoms with van der Waals surface area (Å²) in [6.07, 6.45) is 4.72. The number of carbonyl (C=O) groups is 1. The number of benzene rings is 2. The number of unbranched alkanes of at least 4 members (excludes halogenated alkanes) is 3. The van der Waals surface area contributed by atoms with Gasteiger partial charge in [-0.2, -0.15) is 0 Å². The third-order valence-corrected chi connectivity index (χ3v) is 6.57. The molecule has 1 amide bonds. The minimum Gasteiger partial charge on any atom is -0.370 e. The van der Waals surface area contributed by atoms with Crippen molar-refractivity contribution in [3.63, 3.8) is 0 Å². The number of hydrogen-bond acceptors (Lipinski definition) is 4. The van der Waals surface area contributed by atoms with E-state index in [0.717, 1.165) is 47.0 Å². The van der Waals surface area contributed by atoms with Gasteiger partial charge in [0.15, 0.2) is 4.34 Å². The van der Waals surface area contributed by atoms with Crippen LogP contribution in [0.25, 0.3) is 21.7 Å². The highest BCUT2D eigenvalue weighted by atomic mass is 32.2. The molecule has 140 valence electrons. The molecule has 0 saturated heterocycles. The van der Waals surface area contributed by atoms with Crippen molar-refractivity contribution in [2.24, 2.45) is 5.73 Å². The number of hydrogen-bond donors (Lipinski definition) is 1. The lowest BCUT2D eigenvalue weighted by Gasteiger charge is -2.02. The minimum atomic E-state index is -0.200. The molecule has 3 aromatic rings. The first kappa shape index (κ1) is 19.6. The largest absolute Gasteiger partial charge is 0.370 e. The van der Waals surface area contributed by atoms with E-state index in [1.54, 1.807) is 11.3 Å². The molecule has 2 aromatic carbocycles. The molecule has 0 spiro atoms. The van der Waals surface area contributed by atoms with Crippen molar-refractivity contribution in [2.45, 2.75) is 36.4 Å². The monoisotopic (exact) mass is 396 g/mol. The lowest BCUT2D eigenvalue weighted by Crippen LogP contribution is -2.09. The summed E-state index contributed by atoms with van der Waals surface area (Å²) in [6, 6.07) is 20.9. The standard InChI is InChI=1S/C22H24N2OS2/c23-19(25)15-9-1-2-10-16-26-22-24-20(17-11-5-3-6-12-17)21(27-22)18-13-7-4-8-14-18/h3-8,11-14H,1-2,9-10,15-16H2,(H2,23,25). The van der Waals surface area contributed by atoms with Crippen LogP contribution in [0.3, 0.4) is 0 Å². The van der Waals surface area contributed by atoms with Crippen molar-refractivity contribution in [1.82, 2.24) is 4.98 Å². The van der Waals surface area contributed by atoms with Gasteiger partial charge in [-0.1, -0.05) is 85.3 Å². The predicted octanol–water partition coefficient (Wildman–Crippen LogP) is 6.01. The first-order chi connectivity index (χ1) is 13.2. The maximum absolute atomic E-state index is 10.8. The third-order valence-electron chi connectivity index (χ3n) is 4.23. The highest BCUT2D eigenvalue weighted by molar-refractivity contribution is 8.01. The molecule has 1 aromatic heterocycles. The minimum absolute atomic E-state index is 0.200. The lowest BCUT2D eigenvalue weighted by atomic mass is 10.1. The summed E-state index contributed by atoms with van der Waals surface area (Å²) in [7, 11) is 0. The fourth-order valence-electron chi connectivity index (χ4n) is 2.85. The Bertz CT molecular complexity index is 790. The summed E-state index contributed by atoms with van der Waals surface area (Å²) < 4.78 is 1.12. The second kappa shape index (κ2) is 10.3. The highest BCUT2D eigenvalue weighted by Gasteiger charge is 2.14. The molecule has 0 aliphatic rings. The van der Waals surface area contributed by atoms with Gasteiger partial charge in [0.2, 0.25) is 5.91 Å². The van der Waals surface area contributed by atoms with E-state index in [9.17, 15) is 4.79 Å². The number of nitrogens with two attached hydrogens (primary N) is 1. The molecule has 3 nitrogen and oxygen atoms in total. The molecule has 0 saturated carbocycles. The summed E-state index contributed by atoms with van der Waals surface area (Å²) in [5.74, 6) is 0.848. The average molecular weight is 397 g/mol. The topological polar surface area (TPSA) is 56.0 Å². The Hall–Kier alpha value is -2.11. The lowest BCUT2D eigenvalue weighted by molar-refractivity contribution is -0.118. The number of primary amides is 1. The first-order valence-corrected chi connectivity index (χ1v) is 11.1. The maximum Gasteiger partial charge on any atom is 0.217 e. The second-order valence-electron chi connectivity index (χ2n) is 6.37. The van der Waals surface area contributed by atoms with Crippen LogP contribution in [0.1, 0.15) is 32.1 Å². The Morgan fingerprint density at radius 1 is 0.889 bits per heavy atom.